The molecule has 0 spiro atoms. The Balaban J connectivity index is -0.0000000150. The molecule has 0 aliphatic rings. The van der Waals surface area contributed by atoms with Crippen LogP contribution in [0.5, 0.6) is 0 Å². The first-order chi connectivity index (χ1) is 1.91. The summed E-state index contributed by atoms with van der Waals surface area (Å²) in [4.78, 5) is 0. The van der Waals surface area contributed by atoms with Crippen LogP contribution in [0, 0.1) is 6.92 Å². The van der Waals surface area contributed by atoms with Crippen LogP contribution in [0.2, 0.25) is 0 Å². The number of hydrogen-bond acceptors (Lipinski definition) is 1. The van der Waals surface area contributed by atoms with Gasteiger partial charge in [0, 0.05) is 23.9 Å². The summed E-state index contributed by atoms with van der Waals surface area (Å²) in [6.07, 6.45) is 2.28. The van der Waals surface area contributed by atoms with Crippen molar-refractivity contribution in [2.45, 2.75) is 19.8 Å². The van der Waals surface area contributed by atoms with Crippen molar-refractivity contribution in [3.63, 3.8) is 0 Å². The third-order valence-electron chi connectivity index (χ3n) is 0.354. The minimum atomic E-state index is 0. The Kier molecular flexibility index (Phi) is 95.2. The molecule has 0 saturated carbocycles. The number of rotatable bonds is 1. The van der Waals surface area contributed by atoms with Crippen LogP contribution in [-0.2, 0) is 13.5 Å². The van der Waals surface area contributed by atoms with E-state index in [1.165, 1.54) is 6.42 Å². The SMILES string of the molecule is O.[CH2]CCC.[SH-].[Sn]. The summed E-state index contributed by atoms with van der Waals surface area (Å²) in [6, 6.07) is 0. The largest absolute Gasteiger partial charge is 0.813 e. The summed E-state index contributed by atoms with van der Waals surface area (Å²) in [7, 11) is 0. The minimum absolute atomic E-state index is 0. The van der Waals surface area contributed by atoms with Crippen LogP contribution in [0.25, 0.3) is 0 Å². The predicted molar refractivity (Wildman–Crippen MR) is 38.4 cm³/mol. The van der Waals surface area contributed by atoms with E-state index in [1.807, 2.05) is 0 Å². The van der Waals surface area contributed by atoms with Crippen LogP contribution in [-0.4, -0.2) is 29.4 Å². The number of thiol groups is 1. The predicted octanol–water partition coefficient (Wildman–Crippen LogP) is 0.145. The first-order valence-electron chi connectivity index (χ1n) is 1.71. The monoisotopic (exact) mass is 228 g/mol. The van der Waals surface area contributed by atoms with Gasteiger partial charge in [-0.15, -0.1) is 0 Å². The summed E-state index contributed by atoms with van der Waals surface area (Å²) in [5.41, 5.74) is 0. The van der Waals surface area contributed by atoms with Gasteiger partial charge in [-0.1, -0.05) is 26.7 Å². The molecule has 0 aromatic heterocycles. The average Bonchev–Trinajstić information content (AvgIpc) is 1.37. The van der Waals surface area contributed by atoms with Crippen LogP contribution in [0.3, 0.4) is 0 Å². The van der Waals surface area contributed by atoms with Gasteiger partial charge in [0.15, 0.2) is 0 Å². The maximum Gasteiger partial charge on any atom is 0 e. The second-order valence-corrected chi connectivity index (χ2v) is 0.854. The molecule has 0 aromatic carbocycles. The average molecular weight is 227 g/mol. The third kappa shape index (κ3) is 41.7. The van der Waals surface area contributed by atoms with E-state index in [2.05, 4.69) is 13.8 Å². The van der Waals surface area contributed by atoms with Crippen LogP contribution < -0.4 is 0 Å². The standard InChI is InChI=1S/C4H9.H2O.H2S.Sn/c1-3-4-2;;;/h1,3-4H2,2H3;2*1H2;/p-1. The fourth-order valence-corrected chi connectivity index (χ4v) is 0. The van der Waals surface area contributed by atoms with E-state index in [9.17, 15) is 0 Å². The molecule has 0 aromatic rings. The molecule has 0 saturated heterocycles. The van der Waals surface area contributed by atoms with E-state index >= 15 is 0 Å². The number of unbranched alkanes of at least 4 members (excludes halogenated alkanes) is 1. The van der Waals surface area contributed by atoms with Gasteiger partial charge in [-0.05, 0) is 0 Å². The van der Waals surface area contributed by atoms with Gasteiger partial charge in [0.1, 0.15) is 0 Å². The maximum atomic E-state index is 3.60. The molecule has 0 heterocycles. The van der Waals surface area contributed by atoms with E-state index < -0.39 is 0 Å². The van der Waals surface area contributed by atoms with Gasteiger partial charge in [-0.25, -0.2) is 0 Å². The van der Waals surface area contributed by atoms with Crippen LogP contribution in [0.15, 0.2) is 0 Å². The Morgan fingerprint density at radius 1 is 1.43 bits per heavy atom. The molecule has 0 unspecified atom stereocenters. The molecule has 0 rings (SSSR count). The summed E-state index contributed by atoms with van der Waals surface area (Å²) in [5, 5.41) is 0. The van der Waals surface area contributed by atoms with Gasteiger partial charge in [0.05, 0.1) is 0 Å². The summed E-state index contributed by atoms with van der Waals surface area (Å²) < 4.78 is 0. The molecule has 7 heavy (non-hydrogen) atoms. The third-order valence-corrected chi connectivity index (χ3v) is 0.354. The van der Waals surface area contributed by atoms with Crippen molar-refractivity contribution in [1.82, 2.24) is 0 Å². The van der Waals surface area contributed by atoms with Gasteiger partial charge >= 0.3 is 0 Å². The van der Waals surface area contributed by atoms with Crippen molar-refractivity contribution < 1.29 is 5.48 Å². The molecule has 5 radical (unpaired) electrons. The Bertz CT molecular complexity index is 13.7. The zero-order chi connectivity index (χ0) is 3.41. The van der Waals surface area contributed by atoms with E-state index in [-0.39, 0.29) is 42.9 Å². The smallest absolute Gasteiger partial charge is 0 e. The van der Waals surface area contributed by atoms with Gasteiger partial charge in [-0.3, -0.25) is 0 Å². The van der Waals surface area contributed by atoms with Gasteiger partial charge in [-0.2, -0.15) is 0 Å². The van der Waals surface area contributed by atoms with Gasteiger partial charge in [0.2, 0.25) is 0 Å². The maximum absolute atomic E-state index is 3.60. The van der Waals surface area contributed by atoms with Crippen molar-refractivity contribution in [2.24, 2.45) is 0 Å². The second kappa shape index (κ2) is 27.4. The first-order valence-corrected chi connectivity index (χ1v) is 1.71. The Morgan fingerprint density at radius 2 is 1.57 bits per heavy atom. The van der Waals surface area contributed by atoms with Crippen LogP contribution in [0.1, 0.15) is 19.8 Å². The second-order valence-electron chi connectivity index (χ2n) is 0.854. The molecular weight excluding hydrogens is 215 g/mol. The molecule has 0 amide bonds. The van der Waals surface area contributed by atoms with Crippen LogP contribution in [0.4, 0.5) is 0 Å². The van der Waals surface area contributed by atoms with Crippen molar-refractivity contribution in [1.29, 1.82) is 0 Å². The Morgan fingerprint density at radius 3 is 1.57 bits per heavy atom. The molecule has 0 bridgehead atoms. The molecule has 3 heteroatoms. The van der Waals surface area contributed by atoms with Crippen molar-refractivity contribution in [2.75, 3.05) is 0 Å². The molecule has 0 atom stereocenters. The van der Waals surface area contributed by atoms with Crippen LogP contribution >= 0.6 is 0 Å². The molecular formula is C4H12OSSn-. The normalized spacial score (nSPS) is 4.29. The van der Waals surface area contributed by atoms with E-state index in [4.69, 9.17) is 0 Å². The quantitative estimate of drug-likeness (QED) is 0.356. The molecule has 45 valence electrons. The van der Waals surface area contributed by atoms with E-state index in [0.29, 0.717) is 0 Å². The topological polar surface area (TPSA) is 31.5 Å². The summed E-state index contributed by atoms with van der Waals surface area (Å²) in [6.45, 7) is 5.72. The van der Waals surface area contributed by atoms with Crippen molar-refractivity contribution >= 4 is 37.4 Å². The summed E-state index contributed by atoms with van der Waals surface area (Å²) >= 11 is 0. The summed E-state index contributed by atoms with van der Waals surface area (Å²) in [5.74, 6) is 0. The molecule has 0 aliphatic carbocycles. The zero-order valence-corrected chi connectivity index (χ0v) is 8.32. The van der Waals surface area contributed by atoms with Gasteiger partial charge < -0.3 is 19.0 Å². The zero-order valence-electron chi connectivity index (χ0n) is 4.57. The number of hydrogen-bond donors (Lipinski definition) is 0. The Labute approximate surface area is 69.6 Å². The minimum Gasteiger partial charge on any atom is -0.813 e. The van der Waals surface area contributed by atoms with Gasteiger partial charge in [0.25, 0.3) is 0 Å². The van der Waals surface area contributed by atoms with Crippen molar-refractivity contribution in [3.05, 3.63) is 6.92 Å². The molecule has 0 aliphatic heterocycles. The van der Waals surface area contributed by atoms with E-state index in [1.54, 1.807) is 0 Å². The molecule has 2 N–H and O–H groups in total. The fraction of sp³-hybridized carbons (Fsp3) is 0.750. The molecule has 0 fully saturated rings. The Hall–Kier alpha value is 1.11. The first kappa shape index (κ1) is 24.3. The van der Waals surface area contributed by atoms with Crippen molar-refractivity contribution in [3.8, 4) is 0 Å². The van der Waals surface area contributed by atoms with E-state index in [0.717, 1.165) is 6.42 Å². The fourth-order valence-electron chi connectivity index (χ4n) is 0. The molecule has 1 nitrogen and oxygen atoms in total.